The third-order valence-corrected chi connectivity index (χ3v) is 7.77. The second-order valence-corrected chi connectivity index (χ2v) is 9.71. The summed E-state index contributed by atoms with van der Waals surface area (Å²) in [5, 5.41) is 2.04. The van der Waals surface area contributed by atoms with Crippen LogP contribution in [0.25, 0.3) is 0 Å². The Balaban J connectivity index is 1.52. The van der Waals surface area contributed by atoms with Crippen LogP contribution in [0.3, 0.4) is 0 Å². The third-order valence-electron chi connectivity index (χ3n) is 4.85. The Kier molecular flexibility index (Phi) is 6.31. The summed E-state index contributed by atoms with van der Waals surface area (Å²) >= 11 is 1.66. The fraction of sp³-hybridized carbons (Fsp3) is 0.421. The first-order chi connectivity index (χ1) is 12.9. The number of likely N-dealkylation sites (N-methyl/N-ethyl adjacent to an activating group) is 1. The zero-order chi connectivity index (χ0) is 19.4. The van der Waals surface area contributed by atoms with Crippen LogP contribution in [0.2, 0.25) is 0 Å². The van der Waals surface area contributed by atoms with Gasteiger partial charge in [0.15, 0.2) is 0 Å². The Hall–Kier alpha value is -1.74. The van der Waals surface area contributed by atoms with Crippen LogP contribution in [0.1, 0.15) is 10.4 Å². The lowest BCUT2D eigenvalue weighted by Crippen LogP contribution is -2.51. The second-order valence-electron chi connectivity index (χ2n) is 6.77. The fourth-order valence-electron chi connectivity index (χ4n) is 3.05. The highest BCUT2D eigenvalue weighted by Crippen LogP contribution is 2.19. The van der Waals surface area contributed by atoms with Crippen molar-refractivity contribution in [2.45, 2.75) is 18.4 Å². The number of amides is 1. The number of thiophene rings is 1. The van der Waals surface area contributed by atoms with Gasteiger partial charge in [-0.2, -0.15) is 4.31 Å². The number of nitrogens with zero attached hydrogens (tertiary/aromatic N) is 3. The van der Waals surface area contributed by atoms with Crippen LogP contribution in [-0.4, -0.2) is 68.2 Å². The molecule has 0 spiro atoms. The molecule has 6 nitrogen and oxygen atoms in total. The lowest BCUT2D eigenvalue weighted by Gasteiger charge is -2.34. The summed E-state index contributed by atoms with van der Waals surface area (Å²) in [6, 6.07) is 10.6. The number of aryl methyl sites for hydroxylation is 1. The van der Waals surface area contributed by atoms with Crippen molar-refractivity contribution in [3.8, 4) is 0 Å². The molecule has 2 aromatic rings. The quantitative estimate of drug-likeness (QED) is 0.735. The van der Waals surface area contributed by atoms with E-state index in [4.69, 9.17) is 0 Å². The van der Waals surface area contributed by atoms with Gasteiger partial charge in [0.05, 0.1) is 18.0 Å². The molecule has 0 N–H and O–H groups in total. The van der Waals surface area contributed by atoms with E-state index in [0.29, 0.717) is 44.2 Å². The number of benzene rings is 1. The number of sulfonamides is 1. The molecule has 1 aliphatic rings. The molecular weight excluding hydrogens is 382 g/mol. The first-order valence-electron chi connectivity index (χ1n) is 8.92. The van der Waals surface area contributed by atoms with Gasteiger partial charge in [-0.15, -0.1) is 11.3 Å². The molecule has 8 heteroatoms. The van der Waals surface area contributed by atoms with Gasteiger partial charge in [0.2, 0.25) is 15.9 Å². The van der Waals surface area contributed by atoms with Crippen molar-refractivity contribution in [2.75, 3.05) is 39.8 Å². The summed E-state index contributed by atoms with van der Waals surface area (Å²) in [5.41, 5.74) is 1.21. The molecule has 146 valence electrons. The van der Waals surface area contributed by atoms with E-state index in [1.165, 1.54) is 14.7 Å². The number of hydrogen-bond acceptors (Lipinski definition) is 5. The minimum absolute atomic E-state index is 0.0576. The Labute approximate surface area is 165 Å². The van der Waals surface area contributed by atoms with Gasteiger partial charge in [0, 0.05) is 38.1 Å². The zero-order valence-corrected chi connectivity index (χ0v) is 17.3. The van der Waals surface area contributed by atoms with E-state index >= 15 is 0 Å². The van der Waals surface area contributed by atoms with Crippen molar-refractivity contribution >= 4 is 27.3 Å². The first-order valence-corrected chi connectivity index (χ1v) is 11.2. The Morgan fingerprint density at radius 3 is 2.37 bits per heavy atom. The van der Waals surface area contributed by atoms with Gasteiger partial charge < -0.3 is 4.90 Å². The number of carbonyl (C=O) groups is 1. The SMILES string of the molecule is Cc1ccsc1CN(C)C(=O)CN1CCN(S(=O)(=O)c2ccccc2)CC1. The topological polar surface area (TPSA) is 60.9 Å². The summed E-state index contributed by atoms with van der Waals surface area (Å²) in [4.78, 5) is 17.8. The molecule has 1 saturated heterocycles. The van der Waals surface area contributed by atoms with E-state index in [0.717, 1.165) is 0 Å². The van der Waals surface area contributed by atoms with E-state index in [-0.39, 0.29) is 5.91 Å². The van der Waals surface area contributed by atoms with Gasteiger partial charge in [0.1, 0.15) is 0 Å². The molecule has 0 saturated carbocycles. The standard InChI is InChI=1S/C19H25N3O3S2/c1-16-8-13-26-18(16)14-20(2)19(23)15-21-9-11-22(12-10-21)27(24,25)17-6-4-3-5-7-17/h3-8,13H,9-12,14-15H2,1-2H3. The molecule has 1 fully saturated rings. The van der Waals surface area contributed by atoms with E-state index in [1.807, 2.05) is 17.3 Å². The summed E-state index contributed by atoms with van der Waals surface area (Å²) < 4.78 is 26.8. The fourth-order valence-corrected chi connectivity index (χ4v) is 5.45. The van der Waals surface area contributed by atoms with Gasteiger partial charge in [0.25, 0.3) is 0 Å². The molecule has 2 heterocycles. The molecule has 1 amide bonds. The predicted molar refractivity (Wildman–Crippen MR) is 107 cm³/mol. The summed E-state index contributed by atoms with van der Waals surface area (Å²) in [7, 11) is -1.64. The Morgan fingerprint density at radius 2 is 1.78 bits per heavy atom. The van der Waals surface area contributed by atoms with E-state index in [9.17, 15) is 13.2 Å². The maximum Gasteiger partial charge on any atom is 0.243 e. The van der Waals surface area contributed by atoms with E-state index in [1.54, 1.807) is 46.6 Å². The number of hydrogen-bond donors (Lipinski definition) is 0. The molecular formula is C19H25N3O3S2. The van der Waals surface area contributed by atoms with Gasteiger partial charge in [-0.1, -0.05) is 18.2 Å². The molecule has 27 heavy (non-hydrogen) atoms. The number of carbonyl (C=O) groups excluding carboxylic acids is 1. The molecule has 3 rings (SSSR count). The maximum absolute atomic E-state index is 12.7. The van der Waals surface area contributed by atoms with Crippen LogP contribution in [0, 0.1) is 6.92 Å². The first kappa shape index (κ1) is 20.0. The molecule has 0 bridgehead atoms. The third kappa shape index (κ3) is 4.76. The van der Waals surface area contributed by atoms with Crippen LogP contribution in [0.5, 0.6) is 0 Å². The number of rotatable bonds is 6. The average molecular weight is 408 g/mol. The van der Waals surface area contributed by atoms with Crippen molar-refractivity contribution < 1.29 is 13.2 Å². The Morgan fingerprint density at radius 1 is 1.11 bits per heavy atom. The highest BCUT2D eigenvalue weighted by Gasteiger charge is 2.29. The van der Waals surface area contributed by atoms with Crippen LogP contribution in [-0.2, 0) is 21.4 Å². The van der Waals surface area contributed by atoms with Crippen molar-refractivity contribution in [2.24, 2.45) is 0 Å². The number of piperazine rings is 1. The van der Waals surface area contributed by atoms with E-state index in [2.05, 4.69) is 13.0 Å². The van der Waals surface area contributed by atoms with Gasteiger partial charge >= 0.3 is 0 Å². The molecule has 0 atom stereocenters. The van der Waals surface area contributed by atoms with Gasteiger partial charge in [-0.05, 0) is 36.1 Å². The summed E-state index contributed by atoms with van der Waals surface area (Å²) in [6.45, 7) is 4.91. The molecule has 0 unspecified atom stereocenters. The Bertz CT molecular complexity index is 873. The molecule has 1 aromatic heterocycles. The average Bonchev–Trinajstić information content (AvgIpc) is 3.07. The predicted octanol–water partition coefficient (Wildman–Crippen LogP) is 2.02. The molecule has 0 radical (unpaired) electrons. The largest absolute Gasteiger partial charge is 0.339 e. The molecule has 1 aromatic carbocycles. The van der Waals surface area contributed by atoms with Crippen molar-refractivity contribution in [3.63, 3.8) is 0 Å². The molecule has 0 aliphatic carbocycles. The smallest absolute Gasteiger partial charge is 0.243 e. The minimum Gasteiger partial charge on any atom is -0.339 e. The minimum atomic E-state index is -3.46. The van der Waals surface area contributed by atoms with Crippen molar-refractivity contribution in [3.05, 3.63) is 52.2 Å². The van der Waals surface area contributed by atoms with Crippen molar-refractivity contribution in [1.29, 1.82) is 0 Å². The van der Waals surface area contributed by atoms with Crippen LogP contribution < -0.4 is 0 Å². The maximum atomic E-state index is 12.7. The van der Waals surface area contributed by atoms with Crippen LogP contribution >= 0.6 is 11.3 Å². The normalized spacial score (nSPS) is 16.4. The summed E-state index contributed by atoms with van der Waals surface area (Å²) in [6.07, 6.45) is 0. The summed E-state index contributed by atoms with van der Waals surface area (Å²) in [5.74, 6) is 0.0576. The lowest BCUT2D eigenvalue weighted by atomic mass is 10.3. The van der Waals surface area contributed by atoms with Crippen molar-refractivity contribution in [1.82, 2.24) is 14.1 Å². The van der Waals surface area contributed by atoms with Gasteiger partial charge in [-0.25, -0.2) is 8.42 Å². The monoisotopic (exact) mass is 407 g/mol. The van der Waals surface area contributed by atoms with Crippen LogP contribution in [0.15, 0.2) is 46.7 Å². The molecule has 1 aliphatic heterocycles. The van der Waals surface area contributed by atoms with E-state index < -0.39 is 10.0 Å². The highest BCUT2D eigenvalue weighted by atomic mass is 32.2. The van der Waals surface area contributed by atoms with Crippen LogP contribution in [0.4, 0.5) is 0 Å². The zero-order valence-electron chi connectivity index (χ0n) is 15.7. The lowest BCUT2D eigenvalue weighted by molar-refractivity contribution is -0.131. The highest BCUT2D eigenvalue weighted by molar-refractivity contribution is 7.89. The van der Waals surface area contributed by atoms with Gasteiger partial charge in [-0.3, -0.25) is 9.69 Å². The second kappa shape index (κ2) is 8.52.